The first kappa shape index (κ1) is 13.1. The summed E-state index contributed by atoms with van der Waals surface area (Å²) in [5.41, 5.74) is 3.99. The van der Waals surface area contributed by atoms with E-state index in [1.54, 1.807) is 6.07 Å². The summed E-state index contributed by atoms with van der Waals surface area (Å²) in [5.74, 6) is 0.220. The molecule has 104 valence electrons. The number of para-hydroxylation sites is 1. The van der Waals surface area contributed by atoms with Crippen molar-refractivity contribution in [1.29, 1.82) is 0 Å². The second-order valence-corrected chi connectivity index (χ2v) is 5.48. The van der Waals surface area contributed by atoms with Crippen LogP contribution in [0.1, 0.15) is 18.1 Å². The number of rotatable bonds is 2. The van der Waals surface area contributed by atoms with Gasteiger partial charge in [-0.05, 0) is 42.2 Å². The molecule has 1 aliphatic rings. The minimum atomic E-state index is -0.309. The highest BCUT2D eigenvalue weighted by Gasteiger charge is 2.24. The van der Waals surface area contributed by atoms with Crippen LogP contribution >= 0.6 is 0 Å². The van der Waals surface area contributed by atoms with Crippen molar-refractivity contribution in [2.45, 2.75) is 20.0 Å². The summed E-state index contributed by atoms with van der Waals surface area (Å²) in [5, 5.41) is 9.49. The zero-order valence-electron chi connectivity index (χ0n) is 11.5. The van der Waals surface area contributed by atoms with Gasteiger partial charge in [0.2, 0.25) is 0 Å². The van der Waals surface area contributed by atoms with Crippen molar-refractivity contribution >= 4 is 11.4 Å². The lowest BCUT2D eigenvalue weighted by Crippen LogP contribution is -2.31. The number of aliphatic hydroxyl groups is 1. The van der Waals surface area contributed by atoms with Crippen LogP contribution in [-0.4, -0.2) is 11.7 Å². The highest BCUT2D eigenvalue weighted by Crippen LogP contribution is 2.37. The number of fused-ring (bicyclic) bond motifs is 1. The van der Waals surface area contributed by atoms with E-state index < -0.39 is 0 Å². The minimum absolute atomic E-state index is 0.153. The fraction of sp³-hybridized carbons (Fsp3) is 0.294. The molecule has 2 aromatic carbocycles. The van der Waals surface area contributed by atoms with E-state index in [9.17, 15) is 9.50 Å². The number of hydrogen-bond donors (Lipinski definition) is 1. The third-order valence-electron chi connectivity index (χ3n) is 3.85. The average molecular weight is 271 g/mol. The number of benzene rings is 2. The maximum absolute atomic E-state index is 13.3. The number of halogens is 1. The topological polar surface area (TPSA) is 23.5 Å². The highest BCUT2D eigenvalue weighted by atomic mass is 19.1. The van der Waals surface area contributed by atoms with Gasteiger partial charge in [-0.3, -0.25) is 0 Å². The summed E-state index contributed by atoms with van der Waals surface area (Å²) >= 11 is 0. The van der Waals surface area contributed by atoms with Gasteiger partial charge >= 0.3 is 0 Å². The molecule has 2 nitrogen and oxygen atoms in total. The minimum Gasteiger partial charge on any atom is -0.392 e. The Morgan fingerprint density at radius 3 is 2.80 bits per heavy atom. The summed E-state index contributed by atoms with van der Waals surface area (Å²) in [4.78, 5) is 2.19. The van der Waals surface area contributed by atoms with Gasteiger partial charge in [0.25, 0.3) is 0 Å². The van der Waals surface area contributed by atoms with Gasteiger partial charge < -0.3 is 10.0 Å². The number of anilines is 2. The molecule has 1 heterocycles. The Morgan fingerprint density at radius 1 is 1.20 bits per heavy atom. The lowest BCUT2D eigenvalue weighted by molar-refractivity contribution is 0.281. The summed E-state index contributed by atoms with van der Waals surface area (Å²) in [6.45, 7) is 2.95. The normalized spacial score (nSPS) is 17.9. The molecule has 0 radical (unpaired) electrons. The van der Waals surface area contributed by atoms with E-state index in [2.05, 4.69) is 24.0 Å². The van der Waals surface area contributed by atoms with Crippen molar-refractivity contribution < 1.29 is 9.50 Å². The SMILES string of the molecule is CC1Cc2ccccc2N(c2ccc(F)cc2CO)C1. The zero-order valence-corrected chi connectivity index (χ0v) is 11.5. The second-order valence-electron chi connectivity index (χ2n) is 5.48. The lowest BCUT2D eigenvalue weighted by atomic mass is 9.93. The molecule has 0 spiro atoms. The van der Waals surface area contributed by atoms with Gasteiger partial charge in [-0.15, -0.1) is 0 Å². The van der Waals surface area contributed by atoms with E-state index >= 15 is 0 Å². The molecular formula is C17H18FNO. The fourth-order valence-corrected chi connectivity index (χ4v) is 2.97. The van der Waals surface area contributed by atoms with Crippen molar-refractivity contribution in [1.82, 2.24) is 0 Å². The van der Waals surface area contributed by atoms with Crippen LogP contribution in [-0.2, 0) is 13.0 Å². The smallest absolute Gasteiger partial charge is 0.123 e. The first-order chi connectivity index (χ1) is 9.69. The Balaban J connectivity index is 2.10. The average Bonchev–Trinajstić information content (AvgIpc) is 2.46. The number of hydrogen-bond acceptors (Lipinski definition) is 2. The molecule has 3 heteroatoms. The molecule has 0 fully saturated rings. The molecule has 0 amide bonds. The lowest BCUT2D eigenvalue weighted by Gasteiger charge is -2.35. The Morgan fingerprint density at radius 2 is 2.00 bits per heavy atom. The summed E-state index contributed by atoms with van der Waals surface area (Å²) < 4.78 is 13.3. The maximum atomic E-state index is 13.3. The Bertz CT molecular complexity index is 626. The van der Waals surface area contributed by atoms with Crippen LogP contribution in [0.4, 0.5) is 15.8 Å². The largest absolute Gasteiger partial charge is 0.392 e. The van der Waals surface area contributed by atoms with Crippen molar-refractivity contribution in [2.75, 3.05) is 11.4 Å². The van der Waals surface area contributed by atoms with Crippen LogP contribution in [0.2, 0.25) is 0 Å². The van der Waals surface area contributed by atoms with E-state index in [-0.39, 0.29) is 12.4 Å². The van der Waals surface area contributed by atoms with Gasteiger partial charge in [-0.25, -0.2) is 4.39 Å². The molecule has 3 rings (SSSR count). The van der Waals surface area contributed by atoms with Gasteiger partial charge in [0.1, 0.15) is 5.82 Å². The van der Waals surface area contributed by atoms with Crippen molar-refractivity contribution in [3.8, 4) is 0 Å². The van der Waals surface area contributed by atoms with E-state index in [4.69, 9.17) is 0 Å². The third-order valence-corrected chi connectivity index (χ3v) is 3.85. The molecule has 1 N–H and O–H groups in total. The van der Waals surface area contributed by atoms with Crippen LogP contribution in [0.25, 0.3) is 0 Å². The van der Waals surface area contributed by atoms with Crippen molar-refractivity contribution in [3.63, 3.8) is 0 Å². The maximum Gasteiger partial charge on any atom is 0.123 e. The predicted molar refractivity (Wildman–Crippen MR) is 78.6 cm³/mol. The van der Waals surface area contributed by atoms with Crippen LogP contribution in [0.5, 0.6) is 0 Å². The van der Waals surface area contributed by atoms with Crippen molar-refractivity contribution in [2.24, 2.45) is 5.92 Å². The van der Waals surface area contributed by atoms with E-state index in [1.165, 1.54) is 17.7 Å². The summed E-state index contributed by atoms with van der Waals surface area (Å²) in [6, 6.07) is 12.9. The Kier molecular flexibility index (Phi) is 3.45. The highest BCUT2D eigenvalue weighted by molar-refractivity contribution is 5.70. The van der Waals surface area contributed by atoms with Crippen LogP contribution in [0.3, 0.4) is 0 Å². The second kappa shape index (κ2) is 5.25. The van der Waals surface area contributed by atoms with E-state index in [0.717, 1.165) is 24.3 Å². The van der Waals surface area contributed by atoms with Gasteiger partial charge in [0, 0.05) is 23.5 Å². The third kappa shape index (κ3) is 2.29. The molecular weight excluding hydrogens is 253 g/mol. The number of aliphatic hydroxyl groups excluding tert-OH is 1. The summed E-state index contributed by atoms with van der Waals surface area (Å²) in [7, 11) is 0. The fourth-order valence-electron chi connectivity index (χ4n) is 2.97. The van der Waals surface area contributed by atoms with Crippen molar-refractivity contribution in [3.05, 3.63) is 59.4 Å². The van der Waals surface area contributed by atoms with Crippen LogP contribution in [0, 0.1) is 11.7 Å². The Hall–Kier alpha value is -1.87. The van der Waals surface area contributed by atoms with E-state index in [1.807, 2.05) is 12.1 Å². The van der Waals surface area contributed by atoms with E-state index in [0.29, 0.717) is 11.5 Å². The molecule has 20 heavy (non-hydrogen) atoms. The molecule has 0 saturated heterocycles. The van der Waals surface area contributed by atoms with Gasteiger partial charge in [0.15, 0.2) is 0 Å². The number of nitrogens with zero attached hydrogens (tertiary/aromatic N) is 1. The molecule has 0 aromatic heterocycles. The van der Waals surface area contributed by atoms with Crippen LogP contribution in [0.15, 0.2) is 42.5 Å². The zero-order chi connectivity index (χ0) is 14.1. The molecule has 0 bridgehead atoms. The standard InChI is InChI=1S/C17H18FNO/c1-12-8-13-4-2-3-5-16(13)19(10-12)17-7-6-15(18)9-14(17)11-20/h2-7,9,12,20H,8,10-11H2,1H3. The molecule has 1 unspecified atom stereocenters. The first-order valence-corrected chi connectivity index (χ1v) is 6.93. The predicted octanol–water partition coefficient (Wildman–Crippen LogP) is 3.65. The molecule has 0 aliphatic carbocycles. The van der Waals surface area contributed by atoms with Gasteiger partial charge in [-0.1, -0.05) is 25.1 Å². The van der Waals surface area contributed by atoms with Crippen LogP contribution < -0.4 is 4.90 Å². The van der Waals surface area contributed by atoms with Gasteiger partial charge in [0.05, 0.1) is 6.61 Å². The molecule has 1 atom stereocenters. The monoisotopic (exact) mass is 271 g/mol. The quantitative estimate of drug-likeness (QED) is 0.901. The molecule has 2 aromatic rings. The molecule has 1 aliphatic heterocycles. The summed E-state index contributed by atoms with van der Waals surface area (Å²) in [6.07, 6.45) is 1.06. The first-order valence-electron chi connectivity index (χ1n) is 6.93. The van der Waals surface area contributed by atoms with Gasteiger partial charge in [-0.2, -0.15) is 0 Å². The molecule has 0 saturated carbocycles. The Labute approximate surface area is 118 Å².